The Morgan fingerprint density at radius 1 is 1.10 bits per heavy atom. The third-order valence-corrected chi connectivity index (χ3v) is 9.26. The normalized spacial score (nSPS) is 28.4. The molecular formula is C32H39ClN2O5. The van der Waals surface area contributed by atoms with Crippen LogP contribution in [0.15, 0.2) is 48.6 Å². The molecule has 7 nitrogen and oxygen atoms in total. The van der Waals surface area contributed by atoms with Crippen LogP contribution in [0.4, 0.5) is 5.69 Å². The van der Waals surface area contributed by atoms with Crippen molar-refractivity contribution in [3.8, 4) is 5.75 Å². The summed E-state index contributed by atoms with van der Waals surface area (Å²) < 4.78 is 6.50. The Morgan fingerprint density at radius 2 is 1.93 bits per heavy atom. The fourth-order valence-electron chi connectivity index (χ4n) is 6.64. The van der Waals surface area contributed by atoms with Gasteiger partial charge < -0.3 is 24.7 Å². The standard InChI is InChI=1S/C32H39ClN2O5/c1-22-29(36)34(2)16-7-5-3-4-6-8-17-35-20-31(15-9-10-23-18-25(33)12-13-26(23)31)21-40-28-14-11-24(19-27(28)35)32(22,39)30(37)38/h5,7,11-14,18-19,22,39H,3-4,6,8-10,15-17,20-21H2,1-2H3,(H,37,38)/b7-5+/t22-,31-,32+/m0/s1. The number of benzene rings is 2. The number of ether oxygens (including phenoxy) is 1. The van der Waals surface area contributed by atoms with Crippen LogP contribution in [0, 0.1) is 5.92 Å². The molecule has 2 bridgehead atoms. The van der Waals surface area contributed by atoms with Crippen molar-refractivity contribution in [2.24, 2.45) is 5.92 Å². The lowest BCUT2D eigenvalue weighted by Gasteiger charge is -2.41. The Morgan fingerprint density at radius 3 is 2.73 bits per heavy atom. The summed E-state index contributed by atoms with van der Waals surface area (Å²) in [6, 6.07) is 11.2. The van der Waals surface area contributed by atoms with Gasteiger partial charge in [0.15, 0.2) is 5.60 Å². The number of halogens is 1. The lowest BCUT2D eigenvalue weighted by Crippen LogP contribution is -2.49. The smallest absolute Gasteiger partial charge is 0.341 e. The van der Waals surface area contributed by atoms with Crippen LogP contribution in [-0.2, 0) is 27.0 Å². The van der Waals surface area contributed by atoms with E-state index in [1.54, 1.807) is 25.2 Å². The average molecular weight is 567 g/mol. The third-order valence-electron chi connectivity index (χ3n) is 9.02. The quantitative estimate of drug-likeness (QED) is 0.455. The topological polar surface area (TPSA) is 90.3 Å². The minimum atomic E-state index is -2.40. The molecule has 0 aromatic heterocycles. The van der Waals surface area contributed by atoms with Crippen LogP contribution in [0.5, 0.6) is 5.75 Å². The van der Waals surface area contributed by atoms with Crippen molar-refractivity contribution in [1.29, 1.82) is 0 Å². The molecule has 1 spiro atoms. The highest BCUT2D eigenvalue weighted by Crippen LogP contribution is 2.46. The van der Waals surface area contributed by atoms with Crippen molar-refractivity contribution in [3.05, 3.63) is 70.3 Å². The number of aryl methyl sites for hydroxylation is 1. The van der Waals surface area contributed by atoms with Gasteiger partial charge in [-0.25, -0.2) is 4.79 Å². The molecule has 0 radical (unpaired) electrons. The summed E-state index contributed by atoms with van der Waals surface area (Å²) in [4.78, 5) is 29.7. The molecule has 8 heteroatoms. The Balaban J connectivity index is 1.60. The number of carboxylic acid groups (broad SMARTS) is 1. The number of carbonyl (C=O) groups is 2. The number of rotatable bonds is 1. The van der Waals surface area contributed by atoms with Crippen LogP contribution in [-0.4, -0.2) is 60.3 Å². The summed E-state index contributed by atoms with van der Waals surface area (Å²) >= 11 is 6.36. The molecule has 2 heterocycles. The maximum Gasteiger partial charge on any atom is 0.341 e. The van der Waals surface area contributed by atoms with Crippen molar-refractivity contribution >= 4 is 29.2 Å². The lowest BCUT2D eigenvalue weighted by atomic mass is 9.70. The summed E-state index contributed by atoms with van der Waals surface area (Å²) in [5.74, 6) is -2.42. The number of aliphatic hydroxyl groups is 1. The van der Waals surface area contributed by atoms with E-state index in [0.29, 0.717) is 25.4 Å². The Labute approximate surface area is 241 Å². The second-order valence-corrected chi connectivity index (χ2v) is 12.1. The monoisotopic (exact) mass is 566 g/mol. The van der Waals surface area contributed by atoms with Gasteiger partial charge in [0.05, 0.1) is 18.2 Å². The third kappa shape index (κ3) is 5.21. The minimum absolute atomic E-state index is 0.177. The number of carboxylic acids is 1. The van der Waals surface area contributed by atoms with Gasteiger partial charge in [-0.3, -0.25) is 4.79 Å². The number of nitrogens with zero attached hydrogens (tertiary/aromatic N) is 2. The number of allylic oxidation sites excluding steroid dienone is 1. The van der Waals surface area contributed by atoms with Crippen molar-refractivity contribution in [1.82, 2.24) is 4.90 Å². The van der Waals surface area contributed by atoms with Gasteiger partial charge in [-0.2, -0.15) is 0 Å². The van der Waals surface area contributed by atoms with Crippen LogP contribution >= 0.6 is 11.6 Å². The van der Waals surface area contributed by atoms with Crippen LogP contribution in [0.2, 0.25) is 5.02 Å². The van der Waals surface area contributed by atoms with Crippen LogP contribution in [0.25, 0.3) is 0 Å². The van der Waals surface area contributed by atoms with E-state index in [4.69, 9.17) is 16.3 Å². The van der Waals surface area contributed by atoms with E-state index in [9.17, 15) is 19.8 Å². The number of carbonyl (C=O) groups excluding carboxylic acids is 1. The van der Waals surface area contributed by atoms with Gasteiger partial charge in [0.2, 0.25) is 5.91 Å². The number of anilines is 1. The molecule has 0 fully saturated rings. The number of amides is 1. The molecule has 214 valence electrons. The van der Waals surface area contributed by atoms with Gasteiger partial charge >= 0.3 is 5.97 Å². The molecule has 2 aromatic rings. The SMILES string of the molecule is C[C@H]1C(=O)N(C)C/C=C/CCCCCN2C[C@@]3(CCCc4cc(Cl)ccc43)COc3ccc(cc32)[C@@]1(O)C(=O)O. The van der Waals surface area contributed by atoms with Crippen molar-refractivity contribution in [2.75, 3.05) is 38.2 Å². The molecule has 0 unspecified atom stereocenters. The van der Waals surface area contributed by atoms with E-state index in [1.807, 2.05) is 12.1 Å². The second kappa shape index (κ2) is 11.5. The molecule has 2 aliphatic heterocycles. The van der Waals surface area contributed by atoms with Gasteiger partial charge in [-0.1, -0.05) is 42.3 Å². The molecule has 3 aliphatic rings. The summed E-state index contributed by atoms with van der Waals surface area (Å²) in [5, 5.41) is 22.7. The Bertz CT molecular complexity index is 1310. The van der Waals surface area contributed by atoms with Gasteiger partial charge in [0.25, 0.3) is 0 Å². The molecule has 5 rings (SSSR count). The van der Waals surface area contributed by atoms with Crippen molar-refractivity contribution in [2.45, 2.75) is 62.9 Å². The number of hydrogen-bond acceptors (Lipinski definition) is 5. The van der Waals surface area contributed by atoms with Crippen LogP contribution in [0.3, 0.4) is 0 Å². The Hall–Kier alpha value is -3.03. The molecule has 0 saturated heterocycles. The molecule has 1 aliphatic carbocycles. The van der Waals surface area contributed by atoms with E-state index < -0.39 is 23.4 Å². The first-order chi connectivity index (χ1) is 19.2. The highest BCUT2D eigenvalue weighted by molar-refractivity contribution is 6.30. The maximum atomic E-state index is 13.3. The first-order valence-electron chi connectivity index (χ1n) is 14.3. The molecule has 0 saturated carbocycles. The minimum Gasteiger partial charge on any atom is -0.490 e. The highest BCUT2D eigenvalue weighted by atomic mass is 35.5. The molecule has 2 aromatic carbocycles. The fraction of sp³-hybridized carbons (Fsp3) is 0.500. The first-order valence-corrected chi connectivity index (χ1v) is 14.7. The molecule has 1 amide bonds. The number of likely N-dealkylation sites (N-methyl/N-ethyl adjacent to an activating group) is 1. The van der Waals surface area contributed by atoms with Gasteiger partial charge in [0.1, 0.15) is 5.75 Å². The van der Waals surface area contributed by atoms with Gasteiger partial charge in [-0.15, -0.1) is 0 Å². The van der Waals surface area contributed by atoms with E-state index >= 15 is 0 Å². The number of hydrogen-bond donors (Lipinski definition) is 2. The maximum absolute atomic E-state index is 13.3. The van der Waals surface area contributed by atoms with E-state index in [2.05, 4.69) is 23.1 Å². The first kappa shape index (κ1) is 28.5. The van der Waals surface area contributed by atoms with Crippen LogP contribution < -0.4 is 9.64 Å². The van der Waals surface area contributed by atoms with Crippen molar-refractivity contribution in [3.63, 3.8) is 0 Å². The molecular weight excluding hydrogens is 528 g/mol. The predicted molar refractivity (Wildman–Crippen MR) is 156 cm³/mol. The molecule has 40 heavy (non-hydrogen) atoms. The number of aliphatic carboxylic acids is 1. The zero-order valence-electron chi connectivity index (χ0n) is 23.4. The average Bonchev–Trinajstić information content (AvgIpc) is 3.09. The largest absolute Gasteiger partial charge is 0.490 e. The summed E-state index contributed by atoms with van der Waals surface area (Å²) in [6.45, 7) is 3.83. The van der Waals surface area contributed by atoms with E-state index in [0.717, 1.165) is 62.2 Å². The van der Waals surface area contributed by atoms with Gasteiger partial charge in [0, 0.05) is 37.1 Å². The predicted octanol–water partition coefficient (Wildman–Crippen LogP) is 5.31. The second-order valence-electron chi connectivity index (χ2n) is 11.7. The summed E-state index contributed by atoms with van der Waals surface area (Å²) in [5.41, 5.74) is 0.817. The summed E-state index contributed by atoms with van der Waals surface area (Å²) in [6.07, 6.45) is 11.0. The lowest BCUT2D eigenvalue weighted by molar-refractivity contribution is -0.172. The molecule has 3 atom stereocenters. The Kier molecular flexibility index (Phi) is 8.16. The zero-order chi connectivity index (χ0) is 28.5. The van der Waals surface area contributed by atoms with E-state index in [1.165, 1.54) is 23.0 Å². The van der Waals surface area contributed by atoms with Gasteiger partial charge in [-0.05, 0) is 86.4 Å². The highest BCUT2D eigenvalue weighted by Gasteiger charge is 2.49. The zero-order valence-corrected chi connectivity index (χ0v) is 24.1. The van der Waals surface area contributed by atoms with Crippen molar-refractivity contribution < 1.29 is 24.5 Å². The fourth-order valence-corrected chi connectivity index (χ4v) is 6.83. The van der Waals surface area contributed by atoms with Crippen LogP contribution in [0.1, 0.15) is 62.1 Å². The molecule has 2 N–H and O–H groups in total. The van der Waals surface area contributed by atoms with E-state index in [-0.39, 0.29) is 11.0 Å². The number of fused-ring (bicyclic) bond motifs is 3. The summed E-state index contributed by atoms with van der Waals surface area (Å²) in [7, 11) is 1.63.